The van der Waals surface area contributed by atoms with Crippen molar-refractivity contribution in [3.05, 3.63) is 53.7 Å². The fourth-order valence-electron chi connectivity index (χ4n) is 2.10. The molecule has 3 aromatic rings. The second-order valence-corrected chi connectivity index (χ2v) is 4.74. The first-order chi connectivity index (χ1) is 9.65. The number of pyridine rings is 1. The Labute approximate surface area is 115 Å². The van der Waals surface area contributed by atoms with Gasteiger partial charge in [-0.25, -0.2) is 9.07 Å². The molecule has 2 N–H and O–H groups in total. The summed E-state index contributed by atoms with van der Waals surface area (Å²) in [5, 5.41) is 8.54. The average molecular weight is 271 g/mol. The van der Waals surface area contributed by atoms with E-state index in [9.17, 15) is 4.39 Å². The maximum Gasteiger partial charge on any atom is 0.132 e. The third kappa shape index (κ3) is 2.25. The normalized spacial score (nSPS) is 12.8. The Morgan fingerprint density at radius 3 is 2.95 bits per heavy atom. The summed E-state index contributed by atoms with van der Waals surface area (Å²) in [5.74, 6) is -0.272. The molecule has 0 aliphatic carbocycles. The molecule has 6 heteroatoms. The Morgan fingerprint density at radius 1 is 1.35 bits per heavy atom. The van der Waals surface area contributed by atoms with Crippen molar-refractivity contribution in [2.45, 2.75) is 19.5 Å². The number of benzene rings is 1. The molecule has 1 atom stereocenters. The summed E-state index contributed by atoms with van der Waals surface area (Å²) in [7, 11) is 0. The van der Waals surface area contributed by atoms with Gasteiger partial charge in [0.15, 0.2) is 0 Å². The van der Waals surface area contributed by atoms with Gasteiger partial charge in [-0.1, -0.05) is 11.3 Å². The van der Waals surface area contributed by atoms with E-state index in [0.717, 1.165) is 11.3 Å². The highest BCUT2D eigenvalue weighted by Crippen LogP contribution is 2.20. The monoisotopic (exact) mass is 271 g/mol. The van der Waals surface area contributed by atoms with Crippen LogP contribution in [0.25, 0.3) is 10.9 Å². The Morgan fingerprint density at radius 2 is 2.20 bits per heavy atom. The minimum atomic E-state index is -0.272. The zero-order chi connectivity index (χ0) is 14.1. The van der Waals surface area contributed by atoms with Crippen LogP contribution in [0.15, 0.2) is 36.7 Å². The van der Waals surface area contributed by atoms with Crippen LogP contribution in [-0.2, 0) is 6.54 Å². The van der Waals surface area contributed by atoms with Crippen LogP contribution in [0.4, 0.5) is 4.39 Å². The lowest BCUT2D eigenvalue weighted by molar-refractivity contribution is 0.633. The van der Waals surface area contributed by atoms with Gasteiger partial charge in [-0.15, -0.1) is 5.10 Å². The van der Waals surface area contributed by atoms with Crippen molar-refractivity contribution in [3.8, 4) is 0 Å². The van der Waals surface area contributed by atoms with Gasteiger partial charge in [0, 0.05) is 23.2 Å². The van der Waals surface area contributed by atoms with Crippen LogP contribution in [-0.4, -0.2) is 20.0 Å². The van der Waals surface area contributed by atoms with E-state index >= 15 is 0 Å². The first-order valence-corrected chi connectivity index (χ1v) is 6.33. The maximum absolute atomic E-state index is 13.7. The van der Waals surface area contributed by atoms with Crippen LogP contribution in [0.1, 0.15) is 24.2 Å². The summed E-state index contributed by atoms with van der Waals surface area (Å²) in [4.78, 5) is 4.25. The minimum Gasteiger partial charge on any atom is -0.323 e. The topological polar surface area (TPSA) is 69.6 Å². The number of fused-ring (bicyclic) bond motifs is 1. The molecule has 0 saturated carbocycles. The van der Waals surface area contributed by atoms with Crippen molar-refractivity contribution in [2.24, 2.45) is 5.73 Å². The van der Waals surface area contributed by atoms with Crippen LogP contribution in [0.5, 0.6) is 0 Å². The SMILES string of the molecule is CC(N)c1cn(Cc2ccc(F)c3cccnc23)nn1. The third-order valence-electron chi connectivity index (χ3n) is 3.16. The van der Waals surface area contributed by atoms with Crippen molar-refractivity contribution in [3.63, 3.8) is 0 Å². The van der Waals surface area contributed by atoms with Crippen molar-refractivity contribution in [2.75, 3.05) is 0 Å². The van der Waals surface area contributed by atoms with E-state index < -0.39 is 0 Å². The number of hydrogen-bond acceptors (Lipinski definition) is 4. The lowest BCUT2D eigenvalue weighted by Gasteiger charge is -2.06. The first kappa shape index (κ1) is 12.7. The van der Waals surface area contributed by atoms with E-state index in [2.05, 4.69) is 15.3 Å². The lowest BCUT2D eigenvalue weighted by atomic mass is 10.1. The summed E-state index contributed by atoms with van der Waals surface area (Å²) < 4.78 is 15.4. The average Bonchev–Trinajstić information content (AvgIpc) is 2.91. The molecule has 0 aliphatic rings. The fourth-order valence-corrected chi connectivity index (χ4v) is 2.10. The van der Waals surface area contributed by atoms with E-state index in [0.29, 0.717) is 17.4 Å². The van der Waals surface area contributed by atoms with E-state index in [4.69, 9.17) is 5.73 Å². The molecule has 0 fully saturated rings. The smallest absolute Gasteiger partial charge is 0.132 e. The Bertz CT molecular complexity index is 750. The minimum absolute atomic E-state index is 0.160. The molecular formula is C14H14FN5. The van der Waals surface area contributed by atoms with Crippen LogP contribution in [0, 0.1) is 5.82 Å². The second kappa shape index (κ2) is 4.97. The van der Waals surface area contributed by atoms with Gasteiger partial charge < -0.3 is 5.73 Å². The molecule has 102 valence electrons. The standard InChI is InChI=1S/C14H14FN5/c1-9(16)13-8-20(19-18-13)7-10-4-5-12(15)11-3-2-6-17-14(10)11/h2-6,8-9H,7,16H2,1H3. The molecule has 0 aliphatic heterocycles. The maximum atomic E-state index is 13.7. The van der Waals surface area contributed by atoms with Gasteiger partial charge in [-0.3, -0.25) is 4.98 Å². The summed E-state index contributed by atoms with van der Waals surface area (Å²) in [6, 6.07) is 6.45. The number of halogens is 1. The van der Waals surface area contributed by atoms with Crippen LogP contribution < -0.4 is 5.73 Å². The predicted octanol–water partition coefficient (Wildman–Crippen LogP) is 2.03. The lowest BCUT2D eigenvalue weighted by Crippen LogP contribution is -2.05. The molecule has 0 saturated heterocycles. The highest BCUT2D eigenvalue weighted by Gasteiger charge is 2.09. The quantitative estimate of drug-likeness (QED) is 0.791. The van der Waals surface area contributed by atoms with Gasteiger partial charge in [-0.2, -0.15) is 0 Å². The van der Waals surface area contributed by atoms with E-state index in [1.54, 1.807) is 35.3 Å². The molecular weight excluding hydrogens is 257 g/mol. The molecule has 0 bridgehead atoms. The van der Waals surface area contributed by atoms with Crippen molar-refractivity contribution < 1.29 is 4.39 Å². The fraction of sp³-hybridized carbons (Fsp3) is 0.214. The summed E-state index contributed by atoms with van der Waals surface area (Å²) in [6.45, 7) is 2.33. The Hall–Kier alpha value is -2.34. The number of nitrogens with two attached hydrogens (primary N) is 1. The summed E-state index contributed by atoms with van der Waals surface area (Å²) >= 11 is 0. The van der Waals surface area contributed by atoms with Gasteiger partial charge >= 0.3 is 0 Å². The van der Waals surface area contributed by atoms with Crippen molar-refractivity contribution >= 4 is 10.9 Å². The number of rotatable bonds is 3. The Balaban J connectivity index is 2.00. The van der Waals surface area contributed by atoms with Gasteiger partial charge in [0.05, 0.1) is 24.0 Å². The van der Waals surface area contributed by atoms with Crippen LogP contribution in [0.2, 0.25) is 0 Å². The number of hydrogen-bond donors (Lipinski definition) is 1. The van der Waals surface area contributed by atoms with E-state index in [-0.39, 0.29) is 11.9 Å². The molecule has 0 radical (unpaired) electrons. The second-order valence-electron chi connectivity index (χ2n) is 4.74. The number of nitrogens with zero attached hydrogens (tertiary/aromatic N) is 4. The van der Waals surface area contributed by atoms with Gasteiger partial charge in [-0.05, 0) is 25.1 Å². The highest BCUT2D eigenvalue weighted by atomic mass is 19.1. The zero-order valence-corrected chi connectivity index (χ0v) is 11.0. The molecule has 1 unspecified atom stereocenters. The Kier molecular flexibility index (Phi) is 3.15. The van der Waals surface area contributed by atoms with Crippen molar-refractivity contribution in [1.29, 1.82) is 0 Å². The first-order valence-electron chi connectivity index (χ1n) is 6.33. The largest absolute Gasteiger partial charge is 0.323 e. The molecule has 5 nitrogen and oxygen atoms in total. The van der Waals surface area contributed by atoms with E-state index in [1.165, 1.54) is 6.07 Å². The summed E-state index contributed by atoms with van der Waals surface area (Å²) in [6.07, 6.45) is 3.45. The van der Waals surface area contributed by atoms with Crippen LogP contribution >= 0.6 is 0 Å². The zero-order valence-electron chi connectivity index (χ0n) is 11.0. The molecule has 20 heavy (non-hydrogen) atoms. The molecule has 1 aromatic carbocycles. The molecule has 2 aromatic heterocycles. The van der Waals surface area contributed by atoms with Gasteiger partial charge in [0.25, 0.3) is 0 Å². The van der Waals surface area contributed by atoms with E-state index in [1.807, 2.05) is 6.92 Å². The molecule has 0 spiro atoms. The molecule has 2 heterocycles. The highest BCUT2D eigenvalue weighted by molar-refractivity contribution is 5.82. The van der Waals surface area contributed by atoms with Crippen molar-refractivity contribution in [1.82, 2.24) is 20.0 Å². The van der Waals surface area contributed by atoms with Gasteiger partial charge in [0.1, 0.15) is 5.82 Å². The third-order valence-corrected chi connectivity index (χ3v) is 3.16. The van der Waals surface area contributed by atoms with Gasteiger partial charge in [0.2, 0.25) is 0 Å². The van der Waals surface area contributed by atoms with Crippen LogP contribution in [0.3, 0.4) is 0 Å². The molecule has 3 rings (SSSR count). The molecule has 0 amide bonds. The summed E-state index contributed by atoms with van der Waals surface area (Å²) in [5.41, 5.74) is 8.01. The predicted molar refractivity (Wildman–Crippen MR) is 73.4 cm³/mol. The number of aromatic nitrogens is 4.